The van der Waals surface area contributed by atoms with Crippen molar-refractivity contribution in [1.82, 2.24) is 4.98 Å². The first-order valence-electron chi connectivity index (χ1n) is 6.17. The molecule has 0 aliphatic heterocycles. The maximum atomic E-state index is 12.7. The van der Waals surface area contributed by atoms with Crippen molar-refractivity contribution in [2.24, 2.45) is 0 Å². The minimum absolute atomic E-state index is 0.0361. The first kappa shape index (κ1) is 13.8. The van der Waals surface area contributed by atoms with Crippen LogP contribution in [0.1, 0.15) is 18.5 Å². The van der Waals surface area contributed by atoms with E-state index in [1.54, 1.807) is 6.07 Å². The Kier molecular flexibility index (Phi) is 4.51. The summed E-state index contributed by atoms with van der Waals surface area (Å²) in [6.45, 7) is 2.03. The summed E-state index contributed by atoms with van der Waals surface area (Å²) in [5.74, 6) is 0.160. The molecule has 1 unspecified atom stereocenters. The molecule has 0 bridgehead atoms. The van der Waals surface area contributed by atoms with Gasteiger partial charge in [-0.25, -0.2) is 4.98 Å². The first-order chi connectivity index (χ1) is 9.69. The summed E-state index contributed by atoms with van der Waals surface area (Å²) >= 11 is 0. The summed E-state index contributed by atoms with van der Waals surface area (Å²) in [6.07, 6.45) is 1.45. The normalized spacial score (nSPS) is 11.4. The van der Waals surface area contributed by atoms with Crippen molar-refractivity contribution in [3.05, 3.63) is 54.1 Å². The van der Waals surface area contributed by atoms with E-state index in [4.69, 9.17) is 10.00 Å². The monoisotopic (exact) mass is 271 g/mol. The Morgan fingerprint density at radius 2 is 2.05 bits per heavy atom. The van der Waals surface area contributed by atoms with Crippen molar-refractivity contribution in [2.75, 3.05) is 11.9 Å². The van der Waals surface area contributed by atoms with E-state index in [-0.39, 0.29) is 12.6 Å². The third-order valence-electron chi connectivity index (χ3n) is 2.79. The molecular weight excluding hydrogens is 257 g/mol. The van der Waals surface area contributed by atoms with Gasteiger partial charge in [-0.2, -0.15) is 9.65 Å². The molecule has 0 spiro atoms. The lowest BCUT2D eigenvalue weighted by Gasteiger charge is -2.15. The van der Waals surface area contributed by atoms with Crippen molar-refractivity contribution in [2.45, 2.75) is 13.0 Å². The third kappa shape index (κ3) is 3.69. The molecule has 0 aliphatic rings. The van der Waals surface area contributed by atoms with E-state index < -0.39 is 5.95 Å². The fraction of sp³-hybridized carbons (Fsp3) is 0.200. The zero-order valence-electron chi connectivity index (χ0n) is 11.0. The van der Waals surface area contributed by atoms with Gasteiger partial charge in [-0.3, -0.25) is 0 Å². The predicted octanol–water partition coefficient (Wildman–Crippen LogP) is 3.30. The van der Waals surface area contributed by atoms with Crippen molar-refractivity contribution < 1.29 is 9.13 Å². The van der Waals surface area contributed by atoms with Crippen LogP contribution < -0.4 is 10.1 Å². The molecule has 1 aromatic heterocycles. The molecule has 0 saturated heterocycles. The van der Waals surface area contributed by atoms with Crippen molar-refractivity contribution >= 4 is 5.69 Å². The summed E-state index contributed by atoms with van der Waals surface area (Å²) in [6, 6.07) is 12.4. The van der Waals surface area contributed by atoms with Crippen molar-refractivity contribution in [3.63, 3.8) is 0 Å². The van der Waals surface area contributed by atoms with Gasteiger partial charge in [0.15, 0.2) is 6.61 Å². The number of benzene rings is 1. The second-order valence-electron chi connectivity index (χ2n) is 4.25. The molecule has 1 heterocycles. The smallest absolute Gasteiger partial charge is 0.212 e. The van der Waals surface area contributed by atoms with E-state index in [0.29, 0.717) is 5.75 Å². The number of hydrogen-bond donors (Lipinski definition) is 1. The highest BCUT2D eigenvalue weighted by molar-refractivity contribution is 5.43. The highest BCUT2D eigenvalue weighted by Crippen LogP contribution is 2.21. The number of pyridine rings is 1. The third-order valence-corrected chi connectivity index (χ3v) is 2.79. The van der Waals surface area contributed by atoms with Gasteiger partial charge in [-0.15, -0.1) is 0 Å². The Hall–Kier alpha value is -2.61. The molecule has 1 atom stereocenters. The maximum Gasteiger partial charge on any atom is 0.212 e. The lowest BCUT2D eigenvalue weighted by atomic mass is 10.1. The second kappa shape index (κ2) is 6.53. The van der Waals surface area contributed by atoms with Gasteiger partial charge in [-0.05, 0) is 36.8 Å². The van der Waals surface area contributed by atoms with E-state index in [1.165, 1.54) is 12.3 Å². The average molecular weight is 271 g/mol. The van der Waals surface area contributed by atoms with Gasteiger partial charge >= 0.3 is 0 Å². The van der Waals surface area contributed by atoms with Gasteiger partial charge < -0.3 is 10.1 Å². The Morgan fingerprint density at radius 1 is 1.30 bits per heavy atom. The zero-order valence-corrected chi connectivity index (χ0v) is 11.0. The number of ether oxygens (including phenoxy) is 1. The molecule has 0 amide bonds. The SMILES string of the molecule is CC(Nc1ccc(F)nc1)c1ccc(OCC#N)cc1. The van der Waals surface area contributed by atoms with Crippen LogP contribution in [0, 0.1) is 17.3 Å². The quantitative estimate of drug-likeness (QED) is 0.848. The Morgan fingerprint density at radius 3 is 2.65 bits per heavy atom. The lowest BCUT2D eigenvalue weighted by molar-refractivity contribution is 0.368. The molecule has 0 radical (unpaired) electrons. The number of nitrogens with zero attached hydrogens (tertiary/aromatic N) is 2. The van der Waals surface area contributed by atoms with Gasteiger partial charge in [0.2, 0.25) is 5.95 Å². The summed E-state index contributed by atoms with van der Waals surface area (Å²) in [4.78, 5) is 3.59. The standard InChI is InChI=1S/C15H14FN3O/c1-11(19-13-4-7-15(16)18-10-13)12-2-5-14(6-3-12)20-9-8-17/h2-7,10-11,19H,9H2,1H3. The number of nitriles is 1. The highest BCUT2D eigenvalue weighted by Gasteiger charge is 2.06. The number of rotatable bonds is 5. The van der Waals surface area contributed by atoms with Gasteiger partial charge in [0.1, 0.15) is 11.8 Å². The Bertz CT molecular complexity index is 590. The zero-order chi connectivity index (χ0) is 14.4. The lowest BCUT2D eigenvalue weighted by Crippen LogP contribution is -2.07. The molecule has 0 aliphatic carbocycles. The van der Waals surface area contributed by atoms with Crippen LogP contribution in [0.3, 0.4) is 0 Å². The molecule has 1 aromatic carbocycles. The van der Waals surface area contributed by atoms with E-state index in [9.17, 15) is 4.39 Å². The molecule has 0 fully saturated rings. The Balaban J connectivity index is 2.00. The molecule has 20 heavy (non-hydrogen) atoms. The highest BCUT2D eigenvalue weighted by atomic mass is 19.1. The molecular formula is C15H14FN3O. The molecule has 102 valence electrons. The molecule has 5 heteroatoms. The number of hydrogen-bond acceptors (Lipinski definition) is 4. The topological polar surface area (TPSA) is 57.9 Å². The van der Waals surface area contributed by atoms with Crippen LogP contribution in [0.4, 0.5) is 10.1 Å². The van der Waals surface area contributed by atoms with Gasteiger partial charge in [0, 0.05) is 6.04 Å². The fourth-order valence-corrected chi connectivity index (χ4v) is 1.76. The van der Waals surface area contributed by atoms with Crippen LogP contribution in [0.5, 0.6) is 5.75 Å². The number of aromatic nitrogens is 1. The minimum Gasteiger partial charge on any atom is -0.479 e. The first-order valence-corrected chi connectivity index (χ1v) is 6.17. The molecule has 4 nitrogen and oxygen atoms in total. The van der Waals surface area contributed by atoms with Crippen molar-refractivity contribution in [1.29, 1.82) is 5.26 Å². The summed E-state index contributed by atoms with van der Waals surface area (Å²) in [7, 11) is 0. The van der Waals surface area contributed by atoms with Crippen LogP contribution in [0.25, 0.3) is 0 Å². The van der Waals surface area contributed by atoms with E-state index in [1.807, 2.05) is 37.3 Å². The van der Waals surface area contributed by atoms with Crippen LogP contribution in [0.15, 0.2) is 42.6 Å². The fourth-order valence-electron chi connectivity index (χ4n) is 1.76. The van der Waals surface area contributed by atoms with Crippen LogP contribution in [-0.4, -0.2) is 11.6 Å². The van der Waals surface area contributed by atoms with Gasteiger partial charge in [0.25, 0.3) is 0 Å². The summed E-state index contributed by atoms with van der Waals surface area (Å²) < 4.78 is 17.9. The number of anilines is 1. The number of halogens is 1. The van der Waals surface area contributed by atoms with Crippen LogP contribution in [0.2, 0.25) is 0 Å². The van der Waals surface area contributed by atoms with E-state index in [2.05, 4.69) is 10.3 Å². The molecule has 1 N–H and O–H groups in total. The van der Waals surface area contributed by atoms with E-state index >= 15 is 0 Å². The van der Waals surface area contributed by atoms with Crippen LogP contribution in [-0.2, 0) is 0 Å². The van der Waals surface area contributed by atoms with Crippen molar-refractivity contribution in [3.8, 4) is 11.8 Å². The Labute approximate surface area is 116 Å². The second-order valence-corrected chi connectivity index (χ2v) is 4.25. The van der Waals surface area contributed by atoms with Gasteiger partial charge in [-0.1, -0.05) is 12.1 Å². The summed E-state index contributed by atoms with van der Waals surface area (Å²) in [5, 5.41) is 11.7. The molecule has 2 rings (SSSR count). The molecule has 0 saturated carbocycles. The number of nitrogens with one attached hydrogen (secondary N) is 1. The summed E-state index contributed by atoms with van der Waals surface area (Å²) in [5.41, 5.74) is 1.81. The predicted molar refractivity (Wildman–Crippen MR) is 73.8 cm³/mol. The minimum atomic E-state index is -0.498. The van der Waals surface area contributed by atoms with E-state index in [0.717, 1.165) is 11.3 Å². The maximum absolute atomic E-state index is 12.7. The average Bonchev–Trinajstić information content (AvgIpc) is 2.48. The molecule has 2 aromatic rings. The van der Waals surface area contributed by atoms with Crippen LogP contribution >= 0.6 is 0 Å². The van der Waals surface area contributed by atoms with Gasteiger partial charge in [0.05, 0.1) is 11.9 Å². The largest absolute Gasteiger partial charge is 0.479 e.